The van der Waals surface area contributed by atoms with Gasteiger partial charge in [-0.05, 0) is 52.1 Å². The smallest absolute Gasteiger partial charge is 0.123 e. The van der Waals surface area contributed by atoms with Crippen molar-refractivity contribution >= 4 is 0 Å². The minimum atomic E-state index is -0.171. The Morgan fingerprint density at radius 2 is 1.76 bits per heavy atom. The molecule has 1 N–H and O–H groups in total. The van der Waals surface area contributed by atoms with Gasteiger partial charge in [-0.1, -0.05) is 12.1 Å². The van der Waals surface area contributed by atoms with Gasteiger partial charge in [-0.25, -0.2) is 4.39 Å². The molecule has 0 spiro atoms. The molecule has 2 rings (SSSR count). The van der Waals surface area contributed by atoms with Gasteiger partial charge in [0, 0.05) is 37.8 Å². The summed E-state index contributed by atoms with van der Waals surface area (Å²) in [6.45, 7) is 7.91. The second-order valence-electron chi connectivity index (χ2n) is 6.30. The molecule has 21 heavy (non-hydrogen) atoms. The minimum absolute atomic E-state index is 0.171. The van der Waals surface area contributed by atoms with Crippen LogP contribution in [0.3, 0.4) is 0 Å². The molecule has 3 unspecified atom stereocenters. The molecule has 1 aliphatic heterocycles. The van der Waals surface area contributed by atoms with E-state index in [0.29, 0.717) is 12.1 Å². The summed E-state index contributed by atoms with van der Waals surface area (Å²) in [6.07, 6.45) is 1.05. The van der Waals surface area contributed by atoms with Crippen molar-refractivity contribution < 1.29 is 4.39 Å². The fraction of sp³-hybridized carbons (Fsp3) is 0.647. The second kappa shape index (κ2) is 7.34. The molecule has 4 heteroatoms. The zero-order valence-corrected chi connectivity index (χ0v) is 13.6. The molecule has 3 atom stereocenters. The van der Waals surface area contributed by atoms with Crippen LogP contribution in [0, 0.1) is 5.82 Å². The fourth-order valence-electron chi connectivity index (χ4n) is 3.18. The van der Waals surface area contributed by atoms with E-state index in [-0.39, 0.29) is 11.9 Å². The third-order valence-electron chi connectivity index (χ3n) is 4.79. The van der Waals surface area contributed by atoms with E-state index in [2.05, 4.69) is 36.0 Å². The van der Waals surface area contributed by atoms with Crippen LogP contribution < -0.4 is 5.32 Å². The number of likely N-dealkylation sites (N-methyl/N-ethyl adjacent to an activating group) is 1. The molecule has 1 fully saturated rings. The Balaban J connectivity index is 1.90. The minimum Gasteiger partial charge on any atom is -0.313 e. The normalized spacial score (nSPS) is 26.0. The third-order valence-corrected chi connectivity index (χ3v) is 4.79. The monoisotopic (exact) mass is 293 g/mol. The van der Waals surface area contributed by atoms with Crippen LogP contribution in [0.2, 0.25) is 0 Å². The Morgan fingerprint density at radius 3 is 2.29 bits per heavy atom. The highest BCUT2D eigenvalue weighted by molar-refractivity contribution is 5.19. The highest BCUT2D eigenvalue weighted by Gasteiger charge is 2.26. The molecule has 0 aromatic heterocycles. The predicted octanol–water partition coefficient (Wildman–Crippen LogP) is 2.50. The second-order valence-corrected chi connectivity index (χ2v) is 6.30. The van der Waals surface area contributed by atoms with Crippen LogP contribution in [-0.2, 0) is 0 Å². The van der Waals surface area contributed by atoms with Crippen LogP contribution in [-0.4, -0.2) is 55.6 Å². The molecule has 0 aliphatic carbocycles. The van der Waals surface area contributed by atoms with Crippen LogP contribution in [0.1, 0.15) is 31.9 Å². The Labute approximate surface area is 128 Å². The summed E-state index contributed by atoms with van der Waals surface area (Å²) in [5.74, 6) is -0.171. The first-order valence-corrected chi connectivity index (χ1v) is 7.88. The van der Waals surface area contributed by atoms with E-state index < -0.39 is 0 Å². The van der Waals surface area contributed by atoms with Gasteiger partial charge in [0.15, 0.2) is 0 Å². The summed E-state index contributed by atoms with van der Waals surface area (Å²) in [5, 5.41) is 3.35. The summed E-state index contributed by atoms with van der Waals surface area (Å²) in [6, 6.07) is 8.34. The summed E-state index contributed by atoms with van der Waals surface area (Å²) in [7, 11) is 4.19. The van der Waals surface area contributed by atoms with E-state index in [1.807, 2.05) is 19.2 Å². The van der Waals surface area contributed by atoms with E-state index in [0.717, 1.165) is 31.6 Å². The van der Waals surface area contributed by atoms with Crippen LogP contribution in [0.15, 0.2) is 24.3 Å². The van der Waals surface area contributed by atoms with Crippen molar-refractivity contribution in [1.29, 1.82) is 0 Å². The van der Waals surface area contributed by atoms with Gasteiger partial charge < -0.3 is 10.2 Å². The van der Waals surface area contributed by atoms with E-state index >= 15 is 0 Å². The lowest BCUT2D eigenvalue weighted by atomic mass is 10.0. The van der Waals surface area contributed by atoms with Crippen LogP contribution in [0.4, 0.5) is 4.39 Å². The molecule has 1 heterocycles. The van der Waals surface area contributed by atoms with Gasteiger partial charge >= 0.3 is 0 Å². The number of hydrogen-bond acceptors (Lipinski definition) is 3. The Kier molecular flexibility index (Phi) is 5.73. The molecule has 0 amide bonds. The van der Waals surface area contributed by atoms with Crippen molar-refractivity contribution in [2.75, 3.05) is 33.7 Å². The third kappa shape index (κ3) is 4.25. The SMILES string of the molecule is CNC(CCN1CC(C)N(C)C(C)C1)c1ccc(F)cc1. The maximum absolute atomic E-state index is 13.0. The van der Waals surface area contributed by atoms with Gasteiger partial charge in [0.1, 0.15) is 5.82 Å². The van der Waals surface area contributed by atoms with Crippen LogP contribution >= 0.6 is 0 Å². The molecule has 1 aliphatic rings. The number of nitrogens with zero attached hydrogens (tertiary/aromatic N) is 2. The maximum Gasteiger partial charge on any atom is 0.123 e. The number of piperazine rings is 1. The summed E-state index contributed by atoms with van der Waals surface area (Å²) in [5.41, 5.74) is 1.16. The first-order chi connectivity index (χ1) is 10.0. The highest BCUT2D eigenvalue weighted by Crippen LogP contribution is 2.19. The summed E-state index contributed by atoms with van der Waals surface area (Å²) in [4.78, 5) is 5.00. The zero-order chi connectivity index (χ0) is 15.4. The van der Waals surface area contributed by atoms with Crippen molar-refractivity contribution in [3.05, 3.63) is 35.6 Å². The average molecular weight is 293 g/mol. The van der Waals surface area contributed by atoms with Crippen molar-refractivity contribution in [2.24, 2.45) is 0 Å². The van der Waals surface area contributed by atoms with E-state index in [1.165, 1.54) is 0 Å². The van der Waals surface area contributed by atoms with Gasteiger partial charge in [-0.3, -0.25) is 4.90 Å². The molecule has 1 aromatic rings. The standard InChI is InChI=1S/C17H28FN3/c1-13-11-21(12-14(2)20(13)4)10-9-17(19-3)15-5-7-16(18)8-6-15/h5-8,13-14,17,19H,9-12H2,1-4H3. The zero-order valence-electron chi connectivity index (χ0n) is 13.6. The Bertz CT molecular complexity index is 422. The van der Waals surface area contributed by atoms with Gasteiger partial charge in [0.05, 0.1) is 0 Å². The number of halogens is 1. The number of nitrogens with one attached hydrogen (secondary N) is 1. The number of hydrogen-bond donors (Lipinski definition) is 1. The molecule has 0 saturated carbocycles. The summed E-state index contributed by atoms with van der Waals surface area (Å²) >= 11 is 0. The van der Waals surface area contributed by atoms with Gasteiger partial charge in [0.25, 0.3) is 0 Å². The predicted molar refractivity (Wildman–Crippen MR) is 85.9 cm³/mol. The Hall–Kier alpha value is -0.970. The lowest BCUT2D eigenvalue weighted by molar-refractivity contribution is 0.0579. The van der Waals surface area contributed by atoms with Crippen molar-refractivity contribution in [3.63, 3.8) is 0 Å². The topological polar surface area (TPSA) is 18.5 Å². The summed E-state index contributed by atoms with van der Waals surface area (Å²) < 4.78 is 13.0. The fourth-order valence-corrected chi connectivity index (χ4v) is 3.18. The van der Waals surface area contributed by atoms with E-state index in [4.69, 9.17) is 0 Å². The molecule has 1 aromatic carbocycles. The van der Waals surface area contributed by atoms with Gasteiger partial charge in [0.2, 0.25) is 0 Å². The van der Waals surface area contributed by atoms with Gasteiger partial charge in [-0.15, -0.1) is 0 Å². The van der Waals surface area contributed by atoms with E-state index in [1.54, 1.807) is 12.1 Å². The lowest BCUT2D eigenvalue weighted by Gasteiger charge is -2.42. The quantitative estimate of drug-likeness (QED) is 0.900. The molecular formula is C17H28FN3. The average Bonchev–Trinajstić information content (AvgIpc) is 2.47. The molecule has 3 nitrogen and oxygen atoms in total. The first kappa shape index (κ1) is 16.4. The van der Waals surface area contributed by atoms with Gasteiger partial charge in [-0.2, -0.15) is 0 Å². The molecule has 0 bridgehead atoms. The number of rotatable bonds is 5. The largest absolute Gasteiger partial charge is 0.313 e. The molecular weight excluding hydrogens is 265 g/mol. The highest BCUT2D eigenvalue weighted by atomic mass is 19.1. The molecule has 1 saturated heterocycles. The van der Waals surface area contributed by atoms with Crippen molar-refractivity contribution in [2.45, 2.75) is 38.4 Å². The lowest BCUT2D eigenvalue weighted by Crippen LogP contribution is -2.55. The van der Waals surface area contributed by atoms with Crippen LogP contribution in [0.25, 0.3) is 0 Å². The first-order valence-electron chi connectivity index (χ1n) is 7.88. The van der Waals surface area contributed by atoms with Crippen LogP contribution in [0.5, 0.6) is 0 Å². The number of benzene rings is 1. The van der Waals surface area contributed by atoms with Crippen molar-refractivity contribution in [3.8, 4) is 0 Å². The molecule has 118 valence electrons. The Morgan fingerprint density at radius 1 is 1.19 bits per heavy atom. The van der Waals surface area contributed by atoms with Crippen molar-refractivity contribution in [1.82, 2.24) is 15.1 Å². The van der Waals surface area contributed by atoms with E-state index in [9.17, 15) is 4.39 Å². The maximum atomic E-state index is 13.0. The molecule has 0 radical (unpaired) electrons.